The lowest BCUT2D eigenvalue weighted by molar-refractivity contribution is 1.17. The minimum absolute atomic E-state index is 0.0931. The van der Waals surface area contributed by atoms with Crippen molar-refractivity contribution in [1.29, 1.82) is 0 Å². The van der Waals surface area contributed by atoms with Crippen molar-refractivity contribution in [3.63, 3.8) is 0 Å². The number of anilines is 9. The van der Waals surface area contributed by atoms with E-state index in [0.717, 1.165) is 78.7 Å². The highest BCUT2D eigenvalue weighted by Gasteiger charge is 2.25. The minimum Gasteiger partial charge on any atom is -0.311 e. The summed E-state index contributed by atoms with van der Waals surface area (Å²) in [5, 5.41) is 27.3. The molecule has 0 aliphatic heterocycles. The molecule has 0 unspecified atom stereocenters. The van der Waals surface area contributed by atoms with E-state index in [1.807, 2.05) is 72.0 Å². The Kier molecular flexibility index (Phi) is 20.4. The summed E-state index contributed by atoms with van der Waals surface area (Å²) in [5.74, 6) is 0. The zero-order valence-electron chi connectivity index (χ0n) is 86.0. The van der Waals surface area contributed by atoms with Crippen LogP contribution in [0.3, 0.4) is 0 Å². The number of hydrogen-bond donors (Lipinski definition) is 0. The Morgan fingerprint density at radius 3 is 0.919 bits per heavy atom. The Labute approximate surface area is 873 Å². The van der Waals surface area contributed by atoms with Crippen LogP contribution < -0.4 is 14.7 Å². The summed E-state index contributed by atoms with van der Waals surface area (Å²) in [5.41, 5.74) is 25.4. The maximum absolute atomic E-state index is 8.90. The van der Waals surface area contributed by atoms with Crippen LogP contribution >= 0.6 is 11.3 Å². The van der Waals surface area contributed by atoms with Crippen LogP contribution in [0.5, 0.6) is 0 Å². The molecule has 30 rings (SSSR count). The summed E-state index contributed by atoms with van der Waals surface area (Å²) >= 11 is 1.86. The molecule has 0 bridgehead atoms. The number of fused-ring (bicyclic) bond motifs is 22. The number of hydrogen-bond acceptors (Lipinski definition) is 4. The average molecular weight is 1920 g/mol. The number of para-hydroxylation sites is 5. The van der Waals surface area contributed by atoms with E-state index in [-0.39, 0.29) is 29.9 Å². The second kappa shape index (κ2) is 37.1. The van der Waals surface area contributed by atoms with Crippen molar-refractivity contribution in [2.75, 3.05) is 14.7 Å². The van der Waals surface area contributed by atoms with Gasteiger partial charge in [-0.1, -0.05) is 364 Å². The fraction of sp³-hybridized carbons (Fsp3) is 0. The molecule has 26 aromatic carbocycles. The lowest BCUT2D eigenvalue weighted by Crippen LogP contribution is -2.10. The molecule has 0 atom stereocenters. The molecule has 0 radical (unpaired) electrons. The Morgan fingerprint density at radius 2 is 0.477 bits per heavy atom. The smallest absolute Gasteiger partial charge is 0.0645 e. The van der Waals surface area contributed by atoms with Crippen molar-refractivity contribution in [3.05, 3.63) is 570 Å². The van der Waals surface area contributed by atoms with E-state index in [1.54, 1.807) is 4.90 Å². The number of benzene rings is 26. The zero-order valence-corrected chi connectivity index (χ0v) is 81.8. The molecule has 0 spiro atoms. The normalized spacial score (nSPS) is 12.1. The van der Waals surface area contributed by atoms with E-state index >= 15 is 0 Å². The van der Waals surface area contributed by atoms with Crippen LogP contribution in [0.1, 0.15) is 6.85 Å². The quantitative estimate of drug-likeness (QED) is 0.102. The molecule has 30 aromatic rings. The van der Waals surface area contributed by atoms with Crippen LogP contribution in [0.4, 0.5) is 51.2 Å². The fourth-order valence-electron chi connectivity index (χ4n) is 22.8. The van der Waals surface area contributed by atoms with Crippen molar-refractivity contribution >= 4 is 224 Å². The predicted octanol–water partition coefficient (Wildman–Crippen LogP) is 40.2. The molecule has 0 saturated carbocycles. The number of thiophene rings is 1. The molecule has 4 heterocycles. The maximum atomic E-state index is 8.90. The highest BCUT2D eigenvalue weighted by Crippen LogP contribution is 2.49. The van der Waals surface area contributed by atoms with Gasteiger partial charge in [0.25, 0.3) is 0 Å². The summed E-state index contributed by atoms with van der Waals surface area (Å²) in [7, 11) is 0. The summed E-state index contributed by atoms with van der Waals surface area (Å²) in [6, 6.07) is 191. The Morgan fingerprint density at radius 1 is 0.168 bits per heavy atom. The molecule has 0 aliphatic carbocycles. The van der Waals surface area contributed by atoms with E-state index in [1.165, 1.54) is 167 Å². The molecule has 7 heteroatoms. The van der Waals surface area contributed by atoms with Crippen LogP contribution in [0.25, 0.3) is 211 Å². The van der Waals surface area contributed by atoms with E-state index in [0.29, 0.717) is 11.4 Å². The van der Waals surface area contributed by atoms with Crippen molar-refractivity contribution in [2.24, 2.45) is 0 Å². The summed E-state index contributed by atoms with van der Waals surface area (Å²) in [6.07, 6.45) is 0. The van der Waals surface area contributed by atoms with Crippen molar-refractivity contribution in [2.45, 2.75) is 0 Å². The standard InChI is InChI=1S/C50H32N2S.C48H32N2.C44H30N2/c1-2-11-36-31-37(18-17-33(36)9-1)34-19-22-38(23-20-34)51(41-28-30-49-45(32-41)43-13-6-8-16-48(43)53-49)39-24-26-40(27-25-39)52-46-15-7-5-14-44(46)50-42-12-4-3-10-35(42)21-29-47(50)52;1-2-15-37(16-3-1)49(46-31-29-40(42-18-8-9-19-43(42)46)36-23-22-33-12-4-5-14-35(33)32-36)38-25-27-39(28-26-38)50-45-21-11-10-20-44(45)48-41-17-7-6-13-34(41)24-30-47(48)50;1-2-13-36(14-3-1)45(37-23-20-32(21-24-37)35-19-18-31-10-4-5-12-34(31)30-35)38-25-27-39(28-26-38)46-42-17-9-8-16-41(42)44-40-15-7-6-11-33(40)22-29-43(44)46/h1-32H;1-32H;1-30H/i;;1D,2D,3D,13D,14D. The van der Waals surface area contributed by atoms with Crippen LogP contribution in [-0.4, -0.2) is 13.7 Å². The van der Waals surface area contributed by atoms with Crippen molar-refractivity contribution < 1.29 is 6.85 Å². The molecule has 0 fully saturated rings. The van der Waals surface area contributed by atoms with Gasteiger partial charge in [0, 0.05) is 120 Å². The molecule has 0 N–H and O–H groups in total. The van der Waals surface area contributed by atoms with Gasteiger partial charge in [-0.25, -0.2) is 0 Å². The van der Waals surface area contributed by atoms with Gasteiger partial charge < -0.3 is 28.4 Å². The molecule has 0 amide bonds. The summed E-state index contributed by atoms with van der Waals surface area (Å²) < 4.78 is 52.7. The Bertz CT molecular complexity index is 10800. The zero-order chi connectivity index (χ0) is 103. The second-order valence-electron chi connectivity index (χ2n) is 38.2. The van der Waals surface area contributed by atoms with Crippen LogP contribution in [0.15, 0.2) is 570 Å². The van der Waals surface area contributed by atoms with Gasteiger partial charge in [0.05, 0.1) is 45.6 Å². The number of rotatable bonds is 15. The first-order valence-electron chi connectivity index (χ1n) is 53.1. The van der Waals surface area contributed by atoms with Crippen LogP contribution in [0, 0.1) is 0 Å². The van der Waals surface area contributed by atoms with Gasteiger partial charge in [-0.05, 0) is 310 Å². The molecular formula is C142H94N6S. The Hall–Kier alpha value is -19.4. The summed E-state index contributed by atoms with van der Waals surface area (Å²) in [4.78, 5) is 6.53. The first-order valence-corrected chi connectivity index (χ1v) is 51.5. The van der Waals surface area contributed by atoms with Crippen molar-refractivity contribution in [1.82, 2.24) is 13.7 Å². The fourth-order valence-corrected chi connectivity index (χ4v) is 23.9. The third-order valence-electron chi connectivity index (χ3n) is 29.7. The molecule has 698 valence electrons. The summed E-state index contributed by atoms with van der Waals surface area (Å²) in [6.45, 7) is 0. The first kappa shape index (κ1) is 82.0. The molecule has 149 heavy (non-hydrogen) atoms. The SMILES string of the molecule is [2H]c1c([2H])c([2H])c(N(c2ccc(-c3ccc4ccccc4c3)cc2)c2ccc(-n3c4ccccc4c4c5ccccc5ccc43)cc2)c([2H])c1[2H].c1ccc(N(c2ccc(-n3c4ccccc4c4c5ccccc5ccc43)cc2)c2ccc(-c3ccc4ccccc4c3)c3ccccc23)cc1.c1ccc2cc(-c3ccc(N(c4ccc(-n5c6ccccc6c6c7ccccc7ccc65)cc4)c4ccc5sc6ccccc6c5c4)cc3)ccc2c1. The monoisotopic (exact) mass is 1920 g/mol. The van der Waals surface area contributed by atoms with E-state index in [2.05, 4.69) is 503 Å². The van der Waals surface area contributed by atoms with E-state index in [4.69, 9.17) is 6.85 Å². The average Bonchev–Trinajstić information content (AvgIpc) is 1.53. The third-order valence-corrected chi connectivity index (χ3v) is 30.9. The lowest BCUT2D eigenvalue weighted by Gasteiger charge is -2.27. The molecule has 0 saturated heterocycles. The Balaban J connectivity index is 0.000000110. The highest BCUT2D eigenvalue weighted by atomic mass is 32.1. The molecule has 6 nitrogen and oxygen atoms in total. The van der Waals surface area contributed by atoms with Gasteiger partial charge in [-0.2, -0.15) is 0 Å². The molecule has 0 aliphatic rings. The predicted molar refractivity (Wildman–Crippen MR) is 638 cm³/mol. The molecular weight excluding hydrogens is 1820 g/mol. The van der Waals surface area contributed by atoms with E-state index < -0.39 is 6.04 Å². The molecule has 4 aromatic heterocycles. The largest absolute Gasteiger partial charge is 0.311 e. The van der Waals surface area contributed by atoms with Gasteiger partial charge in [0.15, 0.2) is 0 Å². The van der Waals surface area contributed by atoms with Crippen LogP contribution in [-0.2, 0) is 0 Å². The van der Waals surface area contributed by atoms with Gasteiger partial charge in [-0.15, -0.1) is 11.3 Å². The van der Waals surface area contributed by atoms with Crippen LogP contribution in [0.2, 0.25) is 0 Å². The van der Waals surface area contributed by atoms with Gasteiger partial charge in [-0.3, -0.25) is 0 Å². The third kappa shape index (κ3) is 15.6. The van der Waals surface area contributed by atoms with Gasteiger partial charge in [0.1, 0.15) is 0 Å². The second-order valence-corrected chi connectivity index (χ2v) is 39.3. The highest BCUT2D eigenvalue weighted by molar-refractivity contribution is 7.25. The first-order chi connectivity index (χ1) is 76.0. The minimum atomic E-state index is -0.422. The van der Waals surface area contributed by atoms with E-state index in [9.17, 15) is 0 Å². The topological polar surface area (TPSA) is 24.5 Å². The lowest BCUT2D eigenvalue weighted by atomic mass is 9.95. The van der Waals surface area contributed by atoms with Gasteiger partial charge >= 0.3 is 0 Å². The number of nitrogens with zero attached hydrogens (tertiary/aromatic N) is 6. The van der Waals surface area contributed by atoms with Gasteiger partial charge in [0.2, 0.25) is 0 Å². The van der Waals surface area contributed by atoms with Crippen molar-refractivity contribution in [3.8, 4) is 50.4 Å². The maximum Gasteiger partial charge on any atom is 0.0645 e. The number of aromatic nitrogens is 3.